The van der Waals surface area contributed by atoms with Gasteiger partial charge in [0, 0.05) is 18.7 Å². The molecule has 29 heavy (non-hydrogen) atoms. The predicted octanol–water partition coefficient (Wildman–Crippen LogP) is 3.55. The number of fused-ring (bicyclic) bond motifs is 1. The van der Waals surface area contributed by atoms with E-state index in [9.17, 15) is 4.79 Å². The lowest BCUT2D eigenvalue weighted by molar-refractivity contribution is 0.0971. The zero-order chi connectivity index (χ0) is 20.8. The first-order chi connectivity index (χ1) is 14.1. The van der Waals surface area contributed by atoms with Crippen LogP contribution >= 0.6 is 0 Å². The Labute approximate surface area is 171 Å². The SMILES string of the molecule is CCOc1ccc(C(=O)Cn2c(=N)n(CCN(CC)CC)c3ccccc32)cc1. The van der Waals surface area contributed by atoms with Gasteiger partial charge >= 0.3 is 0 Å². The highest BCUT2D eigenvalue weighted by Gasteiger charge is 2.15. The highest BCUT2D eigenvalue weighted by atomic mass is 16.5. The van der Waals surface area contributed by atoms with Crippen LogP contribution in [0, 0.1) is 5.41 Å². The molecule has 1 N–H and O–H groups in total. The van der Waals surface area contributed by atoms with Crippen molar-refractivity contribution in [1.29, 1.82) is 5.41 Å². The van der Waals surface area contributed by atoms with Gasteiger partial charge in [-0.25, -0.2) is 0 Å². The third-order valence-corrected chi connectivity index (χ3v) is 5.30. The van der Waals surface area contributed by atoms with Crippen LogP contribution < -0.4 is 10.4 Å². The summed E-state index contributed by atoms with van der Waals surface area (Å²) in [7, 11) is 0. The average molecular weight is 395 g/mol. The summed E-state index contributed by atoms with van der Waals surface area (Å²) in [5.41, 5.74) is 2.89. The molecule has 0 atom stereocenters. The largest absolute Gasteiger partial charge is 0.494 e. The Hall–Kier alpha value is -2.86. The molecular weight excluding hydrogens is 364 g/mol. The Morgan fingerprint density at radius 2 is 1.59 bits per heavy atom. The number of nitrogens with zero attached hydrogens (tertiary/aromatic N) is 3. The van der Waals surface area contributed by atoms with Crippen LogP contribution in [0.4, 0.5) is 0 Å². The van der Waals surface area contributed by atoms with Crippen LogP contribution in [-0.2, 0) is 13.1 Å². The highest BCUT2D eigenvalue weighted by Crippen LogP contribution is 2.16. The molecule has 1 heterocycles. The van der Waals surface area contributed by atoms with Gasteiger partial charge in [0.25, 0.3) is 0 Å². The minimum atomic E-state index is -0.0156. The van der Waals surface area contributed by atoms with Gasteiger partial charge in [0.15, 0.2) is 5.78 Å². The molecule has 0 fully saturated rings. The van der Waals surface area contributed by atoms with Crippen LogP contribution in [0.5, 0.6) is 5.75 Å². The maximum absolute atomic E-state index is 12.9. The second-order valence-corrected chi connectivity index (χ2v) is 6.96. The number of hydrogen-bond acceptors (Lipinski definition) is 4. The lowest BCUT2D eigenvalue weighted by Gasteiger charge is -2.18. The number of nitrogens with one attached hydrogen (secondary N) is 1. The fourth-order valence-electron chi connectivity index (χ4n) is 3.60. The molecule has 0 saturated heterocycles. The van der Waals surface area contributed by atoms with Gasteiger partial charge in [0.1, 0.15) is 5.75 Å². The van der Waals surface area contributed by atoms with Crippen molar-refractivity contribution in [3.8, 4) is 5.75 Å². The average Bonchev–Trinajstić information content (AvgIpc) is 3.01. The lowest BCUT2D eigenvalue weighted by atomic mass is 10.1. The van der Waals surface area contributed by atoms with E-state index >= 15 is 0 Å². The van der Waals surface area contributed by atoms with Crippen LogP contribution in [0.3, 0.4) is 0 Å². The number of Topliss-reactive ketones (excluding diaryl/α,β-unsaturated/α-hetero) is 1. The van der Waals surface area contributed by atoms with E-state index < -0.39 is 0 Å². The third-order valence-electron chi connectivity index (χ3n) is 5.30. The van der Waals surface area contributed by atoms with E-state index in [0.717, 1.165) is 43.0 Å². The molecule has 154 valence electrons. The topological polar surface area (TPSA) is 63.2 Å². The fourth-order valence-corrected chi connectivity index (χ4v) is 3.60. The van der Waals surface area contributed by atoms with Gasteiger partial charge in [-0.15, -0.1) is 0 Å². The van der Waals surface area contributed by atoms with Gasteiger partial charge < -0.3 is 18.8 Å². The number of carbonyl (C=O) groups is 1. The number of imidazole rings is 1. The smallest absolute Gasteiger partial charge is 0.203 e. The van der Waals surface area contributed by atoms with Crippen LogP contribution in [0.2, 0.25) is 0 Å². The first-order valence-corrected chi connectivity index (χ1v) is 10.3. The number of rotatable bonds is 10. The summed E-state index contributed by atoms with van der Waals surface area (Å²) < 4.78 is 9.25. The number of benzene rings is 2. The van der Waals surface area contributed by atoms with Crippen LogP contribution in [0.25, 0.3) is 11.0 Å². The van der Waals surface area contributed by atoms with Crippen molar-refractivity contribution in [2.24, 2.45) is 0 Å². The van der Waals surface area contributed by atoms with E-state index in [4.69, 9.17) is 10.1 Å². The molecule has 3 rings (SSSR count). The Morgan fingerprint density at radius 1 is 0.966 bits per heavy atom. The van der Waals surface area contributed by atoms with Crippen molar-refractivity contribution in [1.82, 2.24) is 14.0 Å². The van der Waals surface area contributed by atoms with Gasteiger partial charge in [0.05, 0.1) is 24.2 Å². The van der Waals surface area contributed by atoms with E-state index in [0.29, 0.717) is 17.8 Å². The number of carbonyl (C=O) groups excluding carboxylic acids is 1. The van der Waals surface area contributed by atoms with Crippen molar-refractivity contribution in [2.75, 3.05) is 26.2 Å². The molecule has 0 aliphatic rings. The number of likely N-dealkylation sites (N-methyl/N-ethyl adjacent to an activating group) is 1. The molecule has 1 aromatic heterocycles. The molecular formula is C23H30N4O2. The van der Waals surface area contributed by atoms with Crippen molar-refractivity contribution in [3.05, 3.63) is 59.7 Å². The van der Waals surface area contributed by atoms with Crippen molar-refractivity contribution < 1.29 is 9.53 Å². The molecule has 2 aromatic carbocycles. The minimum Gasteiger partial charge on any atom is -0.494 e. The van der Waals surface area contributed by atoms with Gasteiger partial charge in [-0.1, -0.05) is 26.0 Å². The number of ketones is 1. The van der Waals surface area contributed by atoms with E-state index in [1.165, 1.54) is 0 Å². The second kappa shape index (κ2) is 9.56. The molecule has 0 aliphatic carbocycles. The van der Waals surface area contributed by atoms with E-state index in [1.54, 1.807) is 16.7 Å². The second-order valence-electron chi connectivity index (χ2n) is 6.96. The summed E-state index contributed by atoms with van der Waals surface area (Å²) in [6.07, 6.45) is 0. The molecule has 0 saturated carbocycles. The summed E-state index contributed by atoms with van der Waals surface area (Å²) in [5.74, 6) is 0.740. The van der Waals surface area contributed by atoms with Gasteiger partial charge in [0.2, 0.25) is 5.62 Å². The molecule has 6 nitrogen and oxygen atoms in total. The summed E-state index contributed by atoms with van der Waals surface area (Å²) in [5, 5.41) is 8.71. The van der Waals surface area contributed by atoms with Crippen molar-refractivity contribution in [2.45, 2.75) is 33.9 Å². The van der Waals surface area contributed by atoms with Gasteiger partial charge in [-0.05, 0) is 56.4 Å². The molecule has 0 amide bonds. The minimum absolute atomic E-state index is 0.0156. The zero-order valence-corrected chi connectivity index (χ0v) is 17.5. The number of aromatic nitrogens is 2. The number of para-hydroxylation sites is 2. The van der Waals surface area contributed by atoms with E-state index in [2.05, 4.69) is 18.7 Å². The lowest BCUT2D eigenvalue weighted by Crippen LogP contribution is -2.32. The monoisotopic (exact) mass is 394 g/mol. The Kier molecular flexibility index (Phi) is 6.88. The third kappa shape index (κ3) is 4.59. The first kappa shape index (κ1) is 20.9. The maximum atomic E-state index is 12.9. The van der Waals surface area contributed by atoms with Crippen LogP contribution in [0.15, 0.2) is 48.5 Å². The van der Waals surface area contributed by atoms with Crippen molar-refractivity contribution in [3.63, 3.8) is 0 Å². The van der Waals surface area contributed by atoms with Crippen LogP contribution in [-0.4, -0.2) is 46.1 Å². The van der Waals surface area contributed by atoms with Crippen molar-refractivity contribution >= 4 is 16.8 Å². The zero-order valence-electron chi connectivity index (χ0n) is 17.5. The predicted molar refractivity (Wildman–Crippen MR) is 116 cm³/mol. The number of ether oxygens (including phenoxy) is 1. The fraction of sp³-hybridized carbons (Fsp3) is 0.391. The summed E-state index contributed by atoms with van der Waals surface area (Å²) in [4.78, 5) is 15.2. The van der Waals surface area contributed by atoms with E-state index in [1.807, 2.05) is 47.9 Å². The summed E-state index contributed by atoms with van der Waals surface area (Å²) in [6.45, 7) is 10.5. The molecule has 0 spiro atoms. The normalized spacial score (nSPS) is 11.3. The first-order valence-electron chi connectivity index (χ1n) is 10.3. The quantitative estimate of drug-likeness (QED) is 0.535. The molecule has 0 aliphatic heterocycles. The summed E-state index contributed by atoms with van der Waals surface area (Å²) in [6, 6.07) is 15.1. The molecule has 0 bridgehead atoms. The number of hydrogen-bond donors (Lipinski definition) is 1. The Bertz CT molecular complexity index is 1010. The Balaban J connectivity index is 1.88. The standard InChI is InChI=1S/C23H30N4O2/c1-4-25(5-2)15-16-26-20-9-7-8-10-21(20)27(23(26)24)17-22(28)18-11-13-19(14-12-18)29-6-3/h7-14,24H,4-6,15-17H2,1-3H3. The maximum Gasteiger partial charge on any atom is 0.203 e. The van der Waals surface area contributed by atoms with Crippen LogP contribution in [0.1, 0.15) is 31.1 Å². The molecule has 3 aromatic rings. The summed E-state index contributed by atoms with van der Waals surface area (Å²) >= 11 is 0. The Morgan fingerprint density at radius 3 is 2.17 bits per heavy atom. The molecule has 6 heteroatoms. The van der Waals surface area contributed by atoms with Gasteiger partial charge in [-0.3, -0.25) is 10.2 Å². The molecule has 0 radical (unpaired) electrons. The van der Waals surface area contributed by atoms with Gasteiger partial charge in [-0.2, -0.15) is 0 Å². The molecule has 0 unspecified atom stereocenters. The van der Waals surface area contributed by atoms with E-state index in [-0.39, 0.29) is 12.3 Å². The highest BCUT2D eigenvalue weighted by molar-refractivity contribution is 5.96.